The molecule has 1 aromatic heterocycles. The number of hydrogen-bond acceptors (Lipinski definition) is 6. The van der Waals surface area contributed by atoms with Crippen molar-refractivity contribution in [2.45, 2.75) is 43.5 Å². The van der Waals surface area contributed by atoms with Crippen molar-refractivity contribution in [1.29, 1.82) is 0 Å². The van der Waals surface area contributed by atoms with Gasteiger partial charge in [0.1, 0.15) is 9.90 Å². The van der Waals surface area contributed by atoms with Gasteiger partial charge < -0.3 is 10.6 Å². The summed E-state index contributed by atoms with van der Waals surface area (Å²) >= 11 is 1.24. The number of sulfone groups is 1. The average Bonchev–Trinajstić information content (AvgIpc) is 3.02. The Morgan fingerprint density at radius 2 is 2.26 bits per heavy atom. The summed E-state index contributed by atoms with van der Waals surface area (Å²) in [6.07, 6.45) is 4.22. The van der Waals surface area contributed by atoms with E-state index in [4.69, 9.17) is 5.73 Å². The standard InChI is InChI=1S/C12H19N3O2S2/c1-2-5-19(16,17)10-11(13)14-18-12(10)15-7-8-3-4-9(15)6-8/h8-9H,2-7H2,1H3,(H2,13,14). The Morgan fingerprint density at radius 1 is 1.47 bits per heavy atom. The third kappa shape index (κ3) is 2.12. The van der Waals surface area contributed by atoms with Gasteiger partial charge >= 0.3 is 0 Å². The van der Waals surface area contributed by atoms with E-state index in [1.807, 2.05) is 6.92 Å². The number of hydrogen-bond donors (Lipinski definition) is 1. The lowest BCUT2D eigenvalue weighted by atomic mass is 10.1. The molecule has 106 valence electrons. The summed E-state index contributed by atoms with van der Waals surface area (Å²) in [5.74, 6) is 1.04. The SMILES string of the molecule is CCCS(=O)(=O)c1c(N)nsc1N1CC2CCC1C2. The van der Waals surface area contributed by atoms with Crippen molar-refractivity contribution in [1.82, 2.24) is 4.37 Å². The molecule has 1 saturated carbocycles. The van der Waals surface area contributed by atoms with Gasteiger partial charge in [0, 0.05) is 12.6 Å². The van der Waals surface area contributed by atoms with E-state index in [-0.39, 0.29) is 16.5 Å². The molecule has 3 rings (SSSR count). The van der Waals surface area contributed by atoms with E-state index in [1.54, 1.807) is 0 Å². The molecule has 7 heteroatoms. The molecule has 2 atom stereocenters. The molecule has 1 aromatic rings. The second kappa shape index (κ2) is 4.63. The summed E-state index contributed by atoms with van der Waals surface area (Å²) in [5.41, 5.74) is 5.82. The number of fused-ring (bicyclic) bond motifs is 2. The monoisotopic (exact) mass is 301 g/mol. The van der Waals surface area contributed by atoms with Crippen molar-refractivity contribution >= 4 is 32.2 Å². The van der Waals surface area contributed by atoms with Crippen molar-refractivity contribution in [3.63, 3.8) is 0 Å². The van der Waals surface area contributed by atoms with Crippen LogP contribution in [0.25, 0.3) is 0 Å². The van der Waals surface area contributed by atoms with Crippen LogP contribution in [-0.4, -0.2) is 31.1 Å². The summed E-state index contributed by atoms with van der Waals surface area (Å²) in [6, 6.07) is 0.487. The zero-order chi connectivity index (χ0) is 13.6. The summed E-state index contributed by atoms with van der Waals surface area (Å²) in [7, 11) is -3.30. The van der Waals surface area contributed by atoms with Crippen LogP contribution in [0.2, 0.25) is 0 Å². The van der Waals surface area contributed by atoms with Gasteiger partial charge in [-0.15, -0.1) is 0 Å². The topological polar surface area (TPSA) is 76.3 Å². The molecule has 0 aromatic carbocycles. The highest BCUT2D eigenvalue weighted by atomic mass is 32.2. The molecule has 2 bridgehead atoms. The third-order valence-corrected chi connectivity index (χ3v) is 7.11. The minimum Gasteiger partial charge on any atom is -0.382 e. The molecule has 19 heavy (non-hydrogen) atoms. The van der Waals surface area contributed by atoms with Crippen LogP contribution >= 0.6 is 11.5 Å². The van der Waals surface area contributed by atoms with Crippen LogP contribution in [0.4, 0.5) is 10.8 Å². The van der Waals surface area contributed by atoms with Crippen molar-refractivity contribution in [3.05, 3.63) is 0 Å². The Hall–Kier alpha value is -0.820. The Bertz CT molecular complexity index is 582. The summed E-state index contributed by atoms with van der Waals surface area (Å²) in [6.45, 7) is 2.83. The summed E-state index contributed by atoms with van der Waals surface area (Å²) in [5, 5.41) is 0.776. The van der Waals surface area contributed by atoms with Crippen LogP contribution in [-0.2, 0) is 9.84 Å². The second-order valence-electron chi connectivity index (χ2n) is 5.51. The molecular weight excluding hydrogens is 282 g/mol. The van der Waals surface area contributed by atoms with Crippen molar-refractivity contribution in [2.24, 2.45) is 5.92 Å². The van der Waals surface area contributed by atoms with Crippen LogP contribution in [0.5, 0.6) is 0 Å². The number of nitrogen functional groups attached to an aromatic ring is 1. The molecular formula is C12H19N3O2S2. The lowest BCUT2D eigenvalue weighted by Crippen LogP contribution is -2.32. The summed E-state index contributed by atoms with van der Waals surface area (Å²) < 4.78 is 28.8. The molecule has 2 aliphatic rings. The first-order valence-corrected chi connectivity index (χ1v) is 9.20. The number of rotatable bonds is 4. The Morgan fingerprint density at radius 3 is 2.84 bits per heavy atom. The Kier molecular flexibility index (Phi) is 3.21. The lowest BCUT2D eigenvalue weighted by Gasteiger charge is -2.28. The van der Waals surface area contributed by atoms with E-state index < -0.39 is 9.84 Å². The molecule has 2 heterocycles. The molecule has 1 aliphatic heterocycles. The minimum absolute atomic E-state index is 0.143. The number of nitrogens with two attached hydrogens (primary N) is 1. The van der Waals surface area contributed by atoms with E-state index in [2.05, 4.69) is 9.27 Å². The van der Waals surface area contributed by atoms with Gasteiger partial charge in [0.05, 0.1) is 5.75 Å². The maximum absolute atomic E-state index is 12.4. The predicted molar refractivity (Wildman–Crippen MR) is 77.3 cm³/mol. The fraction of sp³-hybridized carbons (Fsp3) is 0.750. The van der Waals surface area contributed by atoms with Crippen molar-refractivity contribution in [3.8, 4) is 0 Å². The molecule has 2 fully saturated rings. The van der Waals surface area contributed by atoms with Gasteiger partial charge in [-0.1, -0.05) is 6.92 Å². The maximum Gasteiger partial charge on any atom is 0.185 e. The fourth-order valence-electron chi connectivity index (χ4n) is 3.30. The maximum atomic E-state index is 12.4. The Balaban J connectivity index is 2.00. The smallest absolute Gasteiger partial charge is 0.185 e. The van der Waals surface area contributed by atoms with E-state index in [0.717, 1.165) is 23.9 Å². The lowest BCUT2D eigenvalue weighted by molar-refractivity contribution is 0.552. The van der Waals surface area contributed by atoms with E-state index in [9.17, 15) is 8.42 Å². The first-order chi connectivity index (χ1) is 9.03. The van der Waals surface area contributed by atoms with Gasteiger partial charge in [-0.25, -0.2) is 8.42 Å². The molecule has 1 aliphatic carbocycles. The quantitative estimate of drug-likeness (QED) is 0.919. The summed E-state index contributed by atoms with van der Waals surface area (Å²) in [4.78, 5) is 2.51. The normalized spacial score (nSPS) is 26.3. The van der Waals surface area contributed by atoms with Gasteiger partial charge in [-0.2, -0.15) is 4.37 Å². The molecule has 2 N–H and O–H groups in total. The van der Waals surface area contributed by atoms with E-state index >= 15 is 0 Å². The van der Waals surface area contributed by atoms with Gasteiger partial charge in [-0.3, -0.25) is 0 Å². The molecule has 2 unspecified atom stereocenters. The van der Waals surface area contributed by atoms with Gasteiger partial charge in [0.2, 0.25) is 0 Å². The van der Waals surface area contributed by atoms with E-state index in [0.29, 0.717) is 12.5 Å². The number of nitrogens with zero attached hydrogens (tertiary/aromatic N) is 2. The molecule has 0 spiro atoms. The zero-order valence-corrected chi connectivity index (χ0v) is 12.6. The van der Waals surface area contributed by atoms with Crippen LogP contribution in [0.3, 0.4) is 0 Å². The van der Waals surface area contributed by atoms with Gasteiger partial charge in [-0.05, 0) is 43.1 Å². The highest BCUT2D eigenvalue weighted by Crippen LogP contribution is 2.45. The number of aromatic nitrogens is 1. The van der Waals surface area contributed by atoms with E-state index in [1.165, 1.54) is 24.4 Å². The highest BCUT2D eigenvalue weighted by molar-refractivity contribution is 7.91. The van der Waals surface area contributed by atoms with Crippen LogP contribution in [0.15, 0.2) is 4.90 Å². The molecule has 5 nitrogen and oxygen atoms in total. The largest absolute Gasteiger partial charge is 0.382 e. The molecule has 1 saturated heterocycles. The molecule has 0 radical (unpaired) electrons. The molecule has 0 amide bonds. The zero-order valence-electron chi connectivity index (χ0n) is 11.0. The Labute approximate surface area is 117 Å². The average molecular weight is 301 g/mol. The first kappa shape index (κ1) is 13.2. The van der Waals surface area contributed by atoms with Crippen molar-refractivity contribution in [2.75, 3.05) is 22.9 Å². The highest BCUT2D eigenvalue weighted by Gasteiger charge is 2.41. The van der Waals surface area contributed by atoms with Crippen LogP contribution < -0.4 is 10.6 Å². The second-order valence-corrected chi connectivity index (χ2v) is 8.30. The van der Waals surface area contributed by atoms with Gasteiger partial charge in [0.15, 0.2) is 15.7 Å². The minimum atomic E-state index is -3.30. The first-order valence-electron chi connectivity index (χ1n) is 6.77. The van der Waals surface area contributed by atoms with Crippen molar-refractivity contribution < 1.29 is 8.42 Å². The van der Waals surface area contributed by atoms with Crippen LogP contribution in [0.1, 0.15) is 32.6 Å². The fourth-order valence-corrected chi connectivity index (χ4v) is 6.14. The van der Waals surface area contributed by atoms with Gasteiger partial charge in [0.25, 0.3) is 0 Å². The third-order valence-electron chi connectivity index (χ3n) is 4.11. The number of piperidine rings is 1. The predicted octanol–water partition coefficient (Wildman–Crippen LogP) is 1.90. The van der Waals surface area contributed by atoms with Crippen LogP contribution in [0, 0.1) is 5.92 Å². The number of anilines is 2.